The van der Waals surface area contributed by atoms with E-state index in [0.29, 0.717) is 11.4 Å². The van der Waals surface area contributed by atoms with Crippen LogP contribution in [0.4, 0.5) is 4.79 Å². The molecule has 0 radical (unpaired) electrons. The van der Waals surface area contributed by atoms with Crippen molar-refractivity contribution in [2.24, 2.45) is 0 Å². The molecule has 1 saturated heterocycles. The van der Waals surface area contributed by atoms with Crippen molar-refractivity contribution in [1.29, 1.82) is 0 Å². The highest BCUT2D eigenvalue weighted by Gasteiger charge is 2.49. The van der Waals surface area contributed by atoms with Crippen LogP contribution in [0.15, 0.2) is 30.7 Å². The molecule has 3 rings (SSSR count). The molecule has 2 N–H and O–H groups in total. The van der Waals surface area contributed by atoms with Gasteiger partial charge in [-0.3, -0.25) is 10.1 Å². The van der Waals surface area contributed by atoms with Crippen molar-refractivity contribution in [3.05, 3.63) is 36.2 Å². The Kier molecular flexibility index (Phi) is 1.57. The second kappa shape index (κ2) is 2.82. The molecule has 0 saturated carbocycles. The van der Waals surface area contributed by atoms with Crippen LogP contribution < -0.4 is 15.4 Å². The number of rotatable bonds is 0. The summed E-state index contributed by atoms with van der Waals surface area (Å²) in [6.07, 6.45) is 4.40. The first-order valence-corrected chi connectivity index (χ1v) is 4.66. The highest BCUT2D eigenvalue weighted by molar-refractivity contribution is 6.09. The van der Waals surface area contributed by atoms with E-state index in [1.165, 1.54) is 12.3 Å². The molecular weight excluding hydrogens is 210 g/mol. The zero-order valence-electron chi connectivity index (χ0n) is 8.06. The largest absolute Gasteiger partial charge is 0.447 e. The molecule has 2 aliphatic heterocycles. The number of aromatic nitrogens is 1. The zero-order chi connectivity index (χ0) is 11.2. The Morgan fingerprint density at radius 3 is 3.00 bits per heavy atom. The molecule has 0 aromatic carbocycles. The highest BCUT2D eigenvalue weighted by atomic mass is 16.5. The number of fused-ring (bicyclic) bond motifs is 2. The molecule has 3 heterocycles. The molecule has 1 aromatic heterocycles. The Balaban J connectivity index is 2.22. The Hall–Kier alpha value is -2.37. The number of amides is 3. The van der Waals surface area contributed by atoms with Crippen molar-refractivity contribution in [2.45, 2.75) is 5.54 Å². The fourth-order valence-electron chi connectivity index (χ4n) is 1.85. The van der Waals surface area contributed by atoms with Crippen LogP contribution in [-0.2, 0) is 10.3 Å². The van der Waals surface area contributed by atoms with Crippen LogP contribution in [0.3, 0.4) is 0 Å². The van der Waals surface area contributed by atoms with Crippen molar-refractivity contribution in [3.63, 3.8) is 0 Å². The molecule has 6 heteroatoms. The molecule has 0 bridgehead atoms. The molecule has 1 aromatic rings. The van der Waals surface area contributed by atoms with Crippen LogP contribution in [0.5, 0.6) is 5.88 Å². The minimum Gasteiger partial charge on any atom is -0.447 e. The quantitative estimate of drug-likeness (QED) is 0.600. The number of imide groups is 1. The molecule has 1 unspecified atom stereocenters. The van der Waals surface area contributed by atoms with E-state index < -0.39 is 17.5 Å². The predicted molar refractivity (Wildman–Crippen MR) is 52.4 cm³/mol. The number of carbonyl (C=O) groups is 2. The second-order valence-corrected chi connectivity index (χ2v) is 3.49. The molecule has 6 nitrogen and oxygen atoms in total. The maximum Gasteiger partial charge on any atom is 0.322 e. The van der Waals surface area contributed by atoms with Crippen molar-refractivity contribution in [3.8, 4) is 5.88 Å². The van der Waals surface area contributed by atoms with Gasteiger partial charge in [0.1, 0.15) is 0 Å². The first kappa shape index (κ1) is 8.90. The van der Waals surface area contributed by atoms with Crippen LogP contribution >= 0.6 is 0 Å². The van der Waals surface area contributed by atoms with Crippen LogP contribution in [0, 0.1) is 0 Å². The lowest BCUT2D eigenvalue weighted by Gasteiger charge is -2.26. The smallest absolute Gasteiger partial charge is 0.322 e. The number of hydrogen-bond acceptors (Lipinski definition) is 4. The van der Waals surface area contributed by atoms with Gasteiger partial charge in [0.05, 0.1) is 11.8 Å². The number of pyridine rings is 1. The molecule has 80 valence electrons. The van der Waals surface area contributed by atoms with Gasteiger partial charge >= 0.3 is 6.03 Å². The van der Waals surface area contributed by atoms with E-state index >= 15 is 0 Å². The van der Waals surface area contributed by atoms with E-state index in [2.05, 4.69) is 15.6 Å². The summed E-state index contributed by atoms with van der Waals surface area (Å²) in [4.78, 5) is 27.0. The molecule has 2 aliphatic rings. The van der Waals surface area contributed by atoms with Gasteiger partial charge in [-0.1, -0.05) is 0 Å². The summed E-state index contributed by atoms with van der Waals surface area (Å²) in [5.74, 6) is -0.103. The molecular formula is C10H7N3O3. The topological polar surface area (TPSA) is 80.3 Å². The average molecular weight is 217 g/mol. The van der Waals surface area contributed by atoms with Crippen LogP contribution in [0.1, 0.15) is 5.56 Å². The number of ether oxygens (including phenoxy) is 1. The third-order valence-corrected chi connectivity index (χ3v) is 2.59. The third-order valence-electron chi connectivity index (χ3n) is 2.59. The van der Waals surface area contributed by atoms with Gasteiger partial charge in [0.15, 0.2) is 5.54 Å². The first-order chi connectivity index (χ1) is 7.72. The summed E-state index contributed by atoms with van der Waals surface area (Å²) in [5, 5.41) is 4.76. The van der Waals surface area contributed by atoms with Gasteiger partial charge in [-0.25, -0.2) is 9.78 Å². The number of carbonyl (C=O) groups excluding carboxylic acids is 2. The van der Waals surface area contributed by atoms with Gasteiger partial charge in [-0.05, 0) is 18.2 Å². The number of hydrogen-bond donors (Lipinski definition) is 2. The maximum absolute atomic E-state index is 11.8. The Bertz CT molecular complexity index is 526. The van der Waals surface area contributed by atoms with E-state index in [9.17, 15) is 9.59 Å². The minimum absolute atomic E-state index is 0.322. The molecule has 1 spiro atoms. The normalized spacial score (nSPS) is 26.0. The minimum atomic E-state index is -1.18. The van der Waals surface area contributed by atoms with Crippen LogP contribution in [-0.4, -0.2) is 16.9 Å². The lowest BCUT2D eigenvalue weighted by molar-refractivity contribution is -0.122. The van der Waals surface area contributed by atoms with E-state index in [1.54, 1.807) is 18.3 Å². The van der Waals surface area contributed by atoms with Crippen LogP contribution in [0.2, 0.25) is 0 Å². The maximum atomic E-state index is 11.8. The number of nitrogens with one attached hydrogen (secondary N) is 2. The summed E-state index contributed by atoms with van der Waals surface area (Å²) in [7, 11) is 0. The van der Waals surface area contributed by atoms with E-state index in [1.807, 2.05) is 0 Å². The molecule has 1 fully saturated rings. The van der Waals surface area contributed by atoms with Gasteiger partial charge in [0.25, 0.3) is 5.91 Å². The SMILES string of the molecule is O=C1NC(=O)C2(C=COc3ncccc32)N1. The lowest BCUT2D eigenvalue weighted by Crippen LogP contribution is -2.43. The van der Waals surface area contributed by atoms with Crippen molar-refractivity contribution >= 4 is 11.9 Å². The summed E-state index contributed by atoms with van der Waals surface area (Å²) in [6.45, 7) is 0. The lowest BCUT2D eigenvalue weighted by atomic mass is 9.90. The number of nitrogens with zero attached hydrogens (tertiary/aromatic N) is 1. The van der Waals surface area contributed by atoms with Gasteiger partial charge in [-0.15, -0.1) is 0 Å². The van der Waals surface area contributed by atoms with Crippen molar-refractivity contribution in [2.75, 3.05) is 0 Å². The Labute approximate surface area is 90.3 Å². The predicted octanol–water partition coefficient (Wildman–Crippen LogP) is 0.0224. The monoisotopic (exact) mass is 217 g/mol. The summed E-state index contributed by atoms with van der Waals surface area (Å²) >= 11 is 0. The summed E-state index contributed by atoms with van der Waals surface area (Å²) < 4.78 is 5.17. The third kappa shape index (κ3) is 0.979. The van der Waals surface area contributed by atoms with E-state index in [-0.39, 0.29) is 0 Å². The van der Waals surface area contributed by atoms with Crippen molar-refractivity contribution < 1.29 is 14.3 Å². The molecule has 16 heavy (non-hydrogen) atoms. The second-order valence-electron chi connectivity index (χ2n) is 3.49. The Morgan fingerprint density at radius 1 is 1.38 bits per heavy atom. The highest BCUT2D eigenvalue weighted by Crippen LogP contribution is 2.35. The summed E-state index contributed by atoms with van der Waals surface area (Å²) in [6, 6.07) is 2.85. The molecule has 0 aliphatic carbocycles. The van der Waals surface area contributed by atoms with Gasteiger partial charge in [0, 0.05) is 6.20 Å². The van der Waals surface area contributed by atoms with E-state index in [0.717, 1.165) is 0 Å². The standard InChI is InChI=1S/C10H7N3O3/c14-8-10(13-9(15)12-8)3-5-16-7-6(10)2-1-4-11-7/h1-5H,(H2,12,13,14,15). The molecule has 3 amide bonds. The fourth-order valence-corrected chi connectivity index (χ4v) is 1.85. The first-order valence-electron chi connectivity index (χ1n) is 4.66. The van der Waals surface area contributed by atoms with Crippen molar-refractivity contribution in [1.82, 2.24) is 15.6 Å². The summed E-state index contributed by atoms with van der Waals surface area (Å²) in [5.41, 5.74) is -0.653. The average Bonchev–Trinajstić information content (AvgIpc) is 2.55. The number of urea groups is 1. The van der Waals surface area contributed by atoms with Crippen LogP contribution in [0.25, 0.3) is 0 Å². The molecule has 1 atom stereocenters. The van der Waals surface area contributed by atoms with E-state index in [4.69, 9.17) is 4.74 Å². The van der Waals surface area contributed by atoms with Gasteiger partial charge in [-0.2, -0.15) is 0 Å². The van der Waals surface area contributed by atoms with Gasteiger partial charge < -0.3 is 10.1 Å². The Morgan fingerprint density at radius 2 is 2.25 bits per heavy atom. The fraction of sp³-hybridized carbons (Fsp3) is 0.100. The van der Waals surface area contributed by atoms with Gasteiger partial charge in [0.2, 0.25) is 5.88 Å². The zero-order valence-corrected chi connectivity index (χ0v) is 8.06.